The van der Waals surface area contributed by atoms with Crippen LogP contribution in [0.25, 0.3) is 0 Å². The molecule has 0 aromatic heterocycles. The largest absolute Gasteiger partial charge is 0.465 e. The van der Waals surface area contributed by atoms with Crippen molar-refractivity contribution in [3.8, 4) is 0 Å². The van der Waals surface area contributed by atoms with Gasteiger partial charge in [-0.1, -0.05) is 0 Å². The van der Waals surface area contributed by atoms with E-state index in [0.29, 0.717) is 10.8 Å². The summed E-state index contributed by atoms with van der Waals surface area (Å²) in [5.74, 6) is -0.630. The molecule has 6 heteroatoms. The lowest BCUT2D eigenvalue weighted by atomic mass is 10.8. The number of carbonyl (C=O) groups excluding carboxylic acids is 1. The molecular weight excluding hydrogens is 188 g/mol. The number of hydrogen-bond donors (Lipinski definition) is 0. The molecule has 0 aromatic carbocycles. The Balaban J connectivity index is 3.64. The van der Waals surface area contributed by atoms with Gasteiger partial charge in [-0.05, 0) is 17.7 Å². The van der Waals surface area contributed by atoms with Gasteiger partial charge in [0.1, 0.15) is 5.75 Å². The van der Waals surface area contributed by atoms with Gasteiger partial charge in [-0.25, -0.2) is 8.42 Å². The third-order valence-corrected chi connectivity index (χ3v) is 3.12. The second-order valence-corrected chi connectivity index (χ2v) is 6.23. The zero-order valence-corrected chi connectivity index (χ0v) is 8.00. The van der Waals surface area contributed by atoms with Crippen molar-refractivity contribution < 1.29 is 17.9 Å². The molecule has 0 aliphatic heterocycles. The SMILES string of the molecule is CCOC(=O)CSS(C)(=O)=O. The molecule has 0 saturated carbocycles. The smallest absolute Gasteiger partial charge is 0.316 e. The third-order valence-electron chi connectivity index (χ3n) is 0.696. The van der Waals surface area contributed by atoms with Crippen LogP contribution in [0.5, 0.6) is 0 Å². The zero-order valence-electron chi connectivity index (χ0n) is 6.36. The van der Waals surface area contributed by atoms with Crippen LogP contribution in [0, 0.1) is 0 Å². The summed E-state index contributed by atoms with van der Waals surface area (Å²) >= 11 is 0. The summed E-state index contributed by atoms with van der Waals surface area (Å²) in [4.78, 5) is 10.6. The van der Waals surface area contributed by atoms with Crippen LogP contribution in [0.15, 0.2) is 0 Å². The van der Waals surface area contributed by atoms with Crippen LogP contribution in [-0.4, -0.2) is 33.0 Å². The number of carbonyl (C=O) groups is 1. The molecule has 0 bridgehead atoms. The van der Waals surface area contributed by atoms with E-state index < -0.39 is 14.8 Å². The highest BCUT2D eigenvalue weighted by Gasteiger charge is 2.08. The highest BCUT2D eigenvalue weighted by Crippen LogP contribution is 2.08. The van der Waals surface area contributed by atoms with Crippen LogP contribution in [0.4, 0.5) is 0 Å². The van der Waals surface area contributed by atoms with Gasteiger partial charge in [0.05, 0.1) is 6.61 Å². The summed E-state index contributed by atoms with van der Waals surface area (Å²) in [5.41, 5.74) is 0. The molecule has 0 heterocycles. The first-order valence-electron chi connectivity index (χ1n) is 2.95. The van der Waals surface area contributed by atoms with E-state index in [9.17, 15) is 13.2 Å². The number of hydrogen-bond acceptors (Lipinski definition) is 5. The molecule has 0 atom stereocenters. The van der Waals surface area contributed by atoms with Crippen LogP contribution in [0.3, 0.4) is 0 Å². The Bertz CT molecular complexity index is 219. The molecule has 66 valence electrons. The number of esters is 1. The van der Waals surface area contributed by atoms with Crippen LogP contribution in [0.1, 0.15) is 6.92 Å². The lowest BCUT2D eigenvalue weighted by Crippen LogP contribution is -2.08. The standard InChI is InChI=1S/C5H10O4S2/c1-3-9-5(6)4-10-11(2,7)8/h3-4H2,1-2H3. The van der Waals surface area contributed by atoms with Crippen molar-refractivity contribution in [3.63, 3.8) is 0 Å². The van der Waals surface area contributed by atoms with Gasteiger partial charge in [0, 0.05) is 6.26 Å². The molecule has 0 fully saturated rings. The molecule has 0 spiro atoms. The molecule has 0 saturated heterocycles. The lowest BCUT2D eigenvalue weighted by molar-refractivity contribution is -0.139. The summed E-state index contributed by atoms with van der Waals surface area (Å²) < 4.78 is 25.5. The van der Waals surface area contributed by atoms with Gasteiger partial charge in [-0.15, -0.1) is 0 Å². The zero-order chi connectivity index (χ0) is 8.91. The Morgan fingerprint density at radius 1 is 1.55 bits per heavy atom. The molecule has 0 aliphatic rings. The molecule has 0 amide bonds. The van der Waals surface area contributed by atoms with Gasteiger partial charge in [0.2, 0.25) is 0 Å². The first-order chi connectivity index (χ1) is 4.95. The van der Waals surface area contributed by atoms with E-state index in [1.165, 1.54) is 0 Å². The highest BCUT2D eigenvalue weighted by atomic mass is 33.1. The maximum atomic E-state index is 10.6. The van der Waals surface area contributed by atoms with E-state index >= 15 is 0 Å². The van der Waals surface area contributed by atoms with E-state index in [2.05, 4.69) is 4.74 Å². The van der Waals surface area contributed by atoms with Crippen molar-refractivity contribution in [1.82, 2.24) is 0 Å². The normalized spacial score (nSPS) is 11.1. The van der Waals surface area contributed by atoms with Crippen molar-refractivity contribution >= 4 is 25.6 Å². The van der Waals surface area contributed by atoms with E-state index in [4.69, 9.17) is 0 Å². The molecule has 0 N–H and O–H groups in total. The highest BCUT2D eigenvalue weighted by molar-refractivity contribution is 8.72. The first kappa shape index (κ1) is 10.8. The molecule has 0 rings (SSSR count). The predicted molar refractivity (Wildman–Crippen MR) is 43.9 cm³/mol. The maximum absolute atomic E-state index is 10.6. The molecular formula is C5H10O4S2. The molecule has 0 radical (unpaired) electrons. The van der Waals surface area contributed by atoms with Gasteiger partial charge < -0.3 is 4.74 Å². The minimum atomic E-state index is -3.12. The second-order valence-electron chi connectivity index (χ2n) is 1.77. The first-order valence-corrected chi connectivity index (χ1v) is 6.35. The van der Waals surface area contributed by atoms with Crippen molar-refractivity contribution in [1.29, 1.82) is 0 Å². The van der Waals surface area contributed by atoms with Crippen molar-refractivity contribution in [3.05, 3.63) is 0 Å². The fourth-order valence-corrected chi connectivity index (χ4v) is 1.68. The van der Waals surface area contributed by atoms with Crippen molar-refractivity contribution in [2.24, 2.45) is 0 Å². The number of ether oxygens (including phenoxy) is 1. The lowest BCUT2D eigenvalue weighted by Gasteiger charge is -1.98. The Kier molecular flexibility index (Phi) is 4.51. The topological polar surface area (TPSA) is 60.4 Å². The third kappa shape index (κ3) is 7.67. The molecule has 0 aliphatic carbocycles. The average molecular weight is 198 g/mol. The second kappa shape index (κ2) is 4.61. The van der Waals surface area contributed by atoms with Crippen LogP contribution >= 0.6 is 10.8 Å². The monoisotopic (exact) mass is 198 g/mol. The van der Waals surface area contributed by atoms with Crippen molar-refractivity contribution in [2.45, 2.75) is 6.92 Å². The quantitative estimate of drug-likeness (QED) is 0.478. The summed E-state index contributed by atoms with van der Waals surface area (Å²) in [6, 6.07) is 0. The minimum absolute atomic E-state index is 0.132. The van der Waals surface area contributed by atoms with Gasteiger partial charge >= 0.3 is 5.97 Å². The molecule has 0 aromatic rings. The fourth-order valence-electron chi connectivity index (χ4n) is 0.358. The summed E-state index contributed by atoms with van der Waals surface area (Å²) in [7, 11) is -2.54. The Labute approximate surface area is 69.6 Å². The number of rotatable bonds is 4. The van der Waals surface area contributed by atoms with Gasteiger partial charge in [0.15, 0.2) is 8.87 Å². The molecule has 11 heavy (non-hydrogen) atoms. The van der Waals surface area contributed by atoms with E-state index in [1.807, 2.05) is 0 Å². The van der Waals surface area contributed by atoms with Crippen LogP contribution in [0.2, 0.25) is 0 Å². The maximum Gasteiger partial charge on any atom is 0.316 e. The molecule has 0 unspecified atom stereocenters. The van der Waals surface area contributed by atoms with E-state index in [0.717, 1.165) is 6.26 Å². The Morgan fingerprint density at radius 2 is 2.09 bits per heavy atom. The van der Waals surface area contributed by atoms with Gasteiger partial charge in [-0.3, -0.25) is 4.79 Å². The minimum Gasteiger partial charge on any atom is -0.465 e. The predicted octanol–water partition coefficient (Wildman–Crippen LogP) is 0.242. The Morgan fingerprint density at radius 3 is 2.45 bits per heavy atom. The average Bonchev–Trinajstić information content (AvgIpc) is 1.83. The van der Waals surface area contributed by atoms with E-state index in [-0.39, 0.29) is 12.4 Å². The van der Waals surface area contributed by atoms with Crippen LogP contribution in [-0.2, 0) is 18.4 Å². The van der Waals surface area contributed by atoms with Crippen LogP contribution < -0.4 is 0 Å². The Hall–Kier alpha value is -0.230. The molecule has 4 nitrogen and oxygen atoms in total. The van der Waals surface area contributed by atoms with Gasteiger partial charge in [-0.2, -0.15) is 0 Å². The van der Waals surface area contributed by atoms with E-state index in [1.54, 1.807) is 6.92 Å². The van der Waals surface area contributed by atoms with Gasteiger partial charge in [0.25, 0.3) is 0 Å². The summed E-state index contributed by atoms with van der Waals surface area (Å²) in [6.07, 6.45) is 1.05. The fraction of sp³-hybridized carbons (Fsp3) is 0.800. The summed E-state index contributed by atoms with van der Waals surface area (Å²) in [6.45, 7) is 1.95. The van der Waals surface area contributed by atoms with Crippen molar-refractivity contribution in [2.75, 3.05) is 18.6 Å². The summed E-state index contributed by atoms with van der Waals surface area (Å²) in [5, 5.41) is 0.